The Kier molecular flexibility index (Phi) is 6.12. The Morgan fingerprint density at radius 1 is 1.40 bits per heavy atom. The SMILES string of the molecule is CNc1ccc(/C=C(\C#N)C(=O)NC2CCCCC2C)cc1[N+](=O)[O-]. The van der Waals surface area contributed by atoms with Gasteiger partial charge in [0.2, 0.25) is 0 Å². The van der Waals surface area contributed by atoms with Gasteiger partial charge in [0.25, 0.3) is 11.6 Å². The van der Waals surface area contributed by atoms with Crippen LogP contribution in [0.2, 0.25) is 0 Å². The first-order valence-corrected chi connectivity index (χ1v) is 8.35. The molecule has 1 saturated carbocycles. The summed E-state index contributed by atoms with van der Waals surface area (Å²) in [5.41, 5.74) is 0.661. The van der Waals surface area contributed by atoms with E-state index < -0.39 is 10.8 Å². The van der Waals surface area contributed by atoms with Crippen molar-refractivity contribution in [3.8, 4) is 6.07 Å². The van der Waals surface area contributed by atoms with Gasteiger partial charge in [0.1, 0.15) is 17.3 Å². The number of nitrogens with zero attached hydrogens (tertiary/aromatic N) is 2. The number of anilines is 1. The van der Waals surface area contributed by atoms with Crippen LogP contribution in [-0.4, -0.2) is 23.9 Å². The summed E-state index contributed by atoms with van der Waals surface area (Å²) in [5, 5.41) is 26.1. The molecule has 0 saturated heterocycles. The number of amides is 1. The zero-order valence-corrected chi connectivity index (χ0v) is 14.4. The van der Waals surface area contributed by atoms with Crippen LogP contribution in [0.15, 0.2) is 23.8 Å². The highest BCUT2D eigenvalue weighted by Crippen LogP contribution is 2.27. The molecular formula is C18H22N4O3. The molecule has 2 N–H and O–H groups in total. The third-order valence-corrected chi connectivity index (χ3v) is 4.59. The first-order chi connectivity index (χ1) is 12.0. The molecule has 7 heteroatoms. The van der Waals surface area contributed by atoms with Crippen LogP contribution in [-0.2, 0) is 4.79 Å². The molecule has 0 aromatic heterocycles. The lowest BCUT2D eigenvalue weighted by Gasteiger charge is -2.29. The molecule has 0 heterocycles. The van der Waals surface area contributed by atoms with Gasteiger partial charge in [-0.3, -0.25) is 14.9 Å². The van der Waals surface area contributed by atoms with E-state index in [0.29, 0.717) is 17.2 Å². The number of nitro benzene ring substituents is 1. The van der Waals surface area contributed by atoms with E-state index >= 15 is 0 Å². The molecule has 1 aromatic rings. The van der Waals surface area contributed by atoms with Gasteiger partial charge in [0.05, 0.1) is 4.92 Å². The van der Waals surface area contributed by atoms with E-state index in [4.69, 9.17) is 0 Å². The smallest absolute Gasteiger partial charge is 0.292 e. The maximum absolute atomic E-state index is 12.4. The highest BCUT2D eigenvalue weighted by Gasteiger charge is 2.24. The van der Waals surface area contributed by atoms with E-state index in [0.717, 1.165) is 25.7 Å². The fourth-order valence-electron chi connectivity index (χ4n) is 3.09. The second-order valence-electron chi connectivity index (χ2n) is 6.30. The standard InChI is InChI=1S/C18H22N4O3/c1-12-5-3-4-6-15(12)21-18(23)14(11-19)9-13-7-8-16(20-2)17(10-13)22(24)25/h7-10,12,15,20H,3-6H2,1-2H3,(H,21,23)/b14-9+. The lowest BCUT2D eigenvalue weighted by Crippen LogP contribution is -2.41. The summed E-state index contributed by atoms with van der Waals surface area (Å²) in [6.07, 6.45) is 5.59. The molecule has 25 heavy (non-hydrogen) atoms. The van der Waals surface area contributed by atoms with Gasteiger partial charge in [0.15, 0.2) is 0 Å². The molecule has 0 aliphatic heterocycles. The maximum atomic E-state index is 12.4. The number of hydrogen-bond donors (Lipinski definition) is 2. The van der Waals surface area contributed by atoms with Gasteiger partial charge in [-0.2, -0.15) is 5.26 Å². The fraction of sp³-hybridized carbons (Fsp3) is 0.444. The highest BCUT2D eigenvalue weighted by atomic mass is 16.6. The minimum atomic E-state index is -0.501. The van der Waals surface area contributed by atoms with Gasteiger partial charge >= 0.3 is 0 Å². The van der Waals surface area contributed by atoms with Crippen LogP contribution in [0.25, 0.3) is 6.08 Å². The van der Waals surface area contributed by atoms with Crippen LogP contribution in [0, 0.1) is 27.4 Å². The average Bonchev–Trinajstić information content (AvgIpc) is 2.61. The van der Waals surface area contributed by atoms with Gasteiger partial charge in [-0.15, -0.1) is 0 Å². The summed E-state index contributed by atoms with van der Waals surface area (Å²) in [7, 11) is 1.59. The van der Waals surface area contributed by atoms with Crippen LogP contribution < -0.4 is 10.6 Å². The fourth-order valence-corrected chi connectivity index (χ4v) is 3.09. The number of rotatable bonds is 5. The third kappa shape index (κ3) is 4.57. The van der Waals surface area contributed by atoms with Gasteiger partial charge in [-0.05, 0) is 36.5 Å². The second-order valence-corrected chi connectivity index (χ2v) is 6.30. The molecule has 1 aliphatic carbocycles. The third-order valence-electron chi connectivity index (χ3n) is 4.59. The summed E-state index contributed by atoms with van der Waals surface area (Å²) < 4.78 is 0. The number of nitro groups is 1. The molecule has 0 spiro atoms. The van der Waals surface area contributed by atoms with E-state index in [1.54, 1.807) is 19.2 Å². The number of carbonyl (C=O) groups is 1. The van der Waals surface area contributed by atoms with E-state index in [9.17, 15) is 20.2 Å². The summed E-state index contributed by atoms with van der Waals surface area (Å²) in [4.78, 5) is 23.0. The number of nitriles is 1. The summed E-state index contributed by atoms with van der Waals surface area (Å²) in [6.45, 7) is 2.10. The molecule has 2 rings (SSSR count). The number of hydrogen-bond acceptors (Lipinski definition) is 5. The zero-order valence-electron chi connectivity index (χ0n) is 14.4. The maximum Gasteiger partial charge on any atom is 0.292 e. The number of nitrogens with one attached hydrogen (secondary N) is 2. The Morgan fingerprint density at radius 3 is 2.72 bits per heavy atom. The van der Waals surface area contributed by atoms with Crippen molar-refractivity contribution >= 4 is 23.4 Å². The predicted octanol–water partition coefficient (Wildman–Crippen LogP) is 3.24. The molecule has 1 aliphatic rings. The van der Waals surface area contributed by atoms with E-state index in [1.807, 2.05) is 6.07 Å². The number of benzene rings is 1. The minimum Gasteiger partial charge on any atom is -0.383 e. The van der Waals surface area contributed by atoms with Gasteiger partial charge < -0.3 is 10.6 Å². The van der Waals surface area contributed by atoms with E-state index in [1.165, 1.54) is 12.1 Å². The van der Waals surface area contributed by atoms with Crippen molar-refractivity contribution in [2.24, 2.45) is 5.92 Å². The molecule has 0 radical (unpaired) electrons. The summed E-state index contributed by atoms with van der Waals surface area (Å²) in [6, 6.07) is 6.50. The molecule has 132 valence electrons. The van der Waals surface area contributed by atoms with Crippen molar-refractivity contribution in [3.05, 3.63) is 39.4 Å². The molecule has 0 bridgehead atoms. The Morgan fingerprint density at radius 2 is 2.12 bits per heavy atom. The van der Waals surface area contributed by atoms with Crippen molar-refractivity contribution in [1.82, 2.24) is 5.32 Å². The molecule has 2 unspecified atom stereocenters. The quantitative estimate of drug-likeness (QED) is 0.369. The Hall–Kier alpha value is -2.88. The van der Waals surface area contributed by atoms with Gasteiger partial charge in [0, 0.05) is 19.2 Å². The zero-order chi connectivity index (χ0) is 18.4. The molecular weight excluding hydrogens is 320 g/mol. The van der Waals surface area contributed by atoms with Crippen LogP contribution in [0.4, 0.5) is 11.4 Å². The van der Waals surface area contributed by atoms with E-state index in [2.05, 4.69) is 17.6 Å². The second kappa shape index (κ2) is 8.29. The lowest BCUT2D eigenvalue weighted by molar-refractivity contribution is -0.384. The van der Waals surface area contributed by atoms with Crippen LogP contribution in [0.3, 0.4) is 0 Å². The normalized spacial score (nSPS) is 20.4. The monoisotopic (exact) mass is 342 g/mol. The topological polar surface area (TPSA) is 108 Å². The predicted molar refractivity (Wildman–Crippen MR) is 95.8 cm³/mol. The summed E-state index contributed by atoms with van der Waals surface area (Å²) in [5.74, 6) is -0.0461. The van der Waals surface area contributed by atoms with Crippen LogP contribution >= 0.6 is 0 Å². The Bertz CT molecular complexity index is 736. The van der Waals surface area contributed by atoms with Gasteiger partial charge in [-0.1, -0.05) is 25.8 Å². The lowest BCUT2D eigenvalue weighted by atomic mass is 9.86. The molecule has 1 fully saturated rings. The first kappa shape index (κ1) is 18.5. The van der Waals surface area contributed by atoms with Crippen molar-refractivity contribution in [3.63, 3.8) is 0 Å². The first-order valence-electron chi connectivity index (χ1n) is 8.35. The number of carbonyl (C=O) groups excluding carboxylic acids is 1. The Balaban J connectivity index is 2.22. The largest absolute Gasteiger partial charge is 0.383 e. The molecule has 7 nitrogen and oxygen atoms in total. The van der Waals surface area contributed by atoms with Gasteiger partial charge in [-0.25, -0.2) is 0 Å². The van der Waals surface area contributed by atoms with Crippen molar-refractivity contribution in [2.75, 3.05) is 12.4 Å². The molecule has 1 aromatic carbocycles. The molecule has 1 amide bonds. The van der Waals surface area contributed by atoms with Crippen molar-refractivity contribution in [1.29, 1.82) is 5.26 Å². The van der Waals surface area contributed by atoms with E-state index in [-0.39, 0.29) is 17.3 Å². The van der Waals surface area contributed by atoms with Crippen molar-refractivity contribution < 1.29 is 9.72 Å². The minimum absolute atomic E-state index is 0.0516. The van der Waals surface area contributed by atoms with Crippen molar-refractivity contribution in [2.45, 2.75) is 38.6 Å². The highest BCUT2D eigenvalue weighted by molar-refractivity contribution is 6.02. The van der Waals surface area contributed by atoms with Crippen LogP contribution in [0.5, 0.6) is 0 Å². The summed E-state index contributed by atoms with van der Waals surface area (Å²) >= 11 is 0. The van der Waals surface area contributed by atoms with Crippen LogP contribution in [0.1, 0.15) is 38.2 Å². The Labute approximate surface area is 146 Å². The average molecular weight is 342 g/mol. The molecule has 2 atom stereocenters.